The fourth-order valence-electron chi connectivity index (χ4n) is 1.09. The molecular formula is C10H11N3O. The third-order valence-corrected chi connectivity index (χ3v) is 1.86. The van der Waals surface area contributed by atoms with Gasteiger partial charge >= 0.3 is 0 Å². The van der Waals surface area contributed by atoms with Crippen molar-refractivity contribution >= 4 is 5.69 Å². The number of aromatic nitrogens is 2. The summed E-state index contributed by atoms with van der Waals surface area (Å²) in [6.45, 7) is 2.59. The van der Waals surface area contributed by atoms with Gasteiger partial charge in [-0.2, -0.15) is 0 Å². The summed E-state index contributed by atoms with van der Waals surface area (Å²) < 4.78 is 5.08. The van der Waals surface area contributed by atoms with E-state index in [2.05, 4.69) is 15.3 Å². The predicted molar refractivity (Wildman–Crippen MR) is 52.8 cm³/mol. The van der Waals surface area contributed by atoms with Crippen LogP contribution in [0.4, 0.5) is 5.69 Å². The summed E-state index contributed by atoms with van der Waals surface area (Å²) in [6, 6.07) is 3.95. The lowest BCUT2D eigenvalue weighted by atomic mass is 10.3. The number of oxazole rings is 1. The summed E-state index contributed by atoms with van der Waals surface area (Å²) in [5, 5.41) is 3.18. The molecule has 0 aliphatic carbocycles. The first-order valence-electron chi connectivity index (χ1n) is 4.38. The second-order valence-corrected chi connectivity index (χ2v) is 3.01. The van der Waals surface area contributed by atoms with Crippen molar-refractivity contribution in [2.45, 2.75) is 13.5 Å². The van der Waals surface area contributed by atoms with Crippen molar-refractivity contribution < 1.29 is 4.42 Å². The van der Waals surface area contributed by atoms with Crippen molar-refractivity contribution in [3.05, 3.63) is 42.4 Å². The van der Waals surface area contributed by atoms with Crippen LogP contribution in [0.1, 0.15) is 11.5 Å². The van der Waals surface area contributed by atoms with Gasteiger partial charge in [-0.05, 0) is 19.1 Å². The van der Waals surface area contributed by atoms with Crippen molar-refractivity contribution in [3.8, 4) is 0 Å². The smallest absolute Gasteiger partial charge is 0.180 e. The molecule has 14 heavy (non-hydrogen) atoms. The first-order valence-corrected chi connectivity index (χ1v) is 4.38. The Labute approximate surface area is 82.0 Å². The van der Waals surface area contributed by atoms with Crippen LogP contribution in [0.25, 0.3) is 0 Å². The Balaban J connectivity index is 1.95. The molecule has 4 nitrogen and oxygen atoms in total. The lowest BCUT2D eigenvalue weighted by Gasteiger charge is -2.02. The quantitative estimate of drug-likeness (QED) is 0.802. The first-order chi connectivity index (χ1) is 6.84. The molecule has 0 aromatic carbocycles. The Kier molecular flexibility index (Phi) is 2.44. The van der Waals surface area contributed by atoms with E-state index in [1.165, 1.54) is 6.39 Å². The monoisotopic (exact) mass is 189 g/mol. The summed E-state index contributed by atoms with van der Waals surface area (Å²) in [5.74, 6) is 0.811. The summed E-state index contributed by atoms with van der Waals surface area (Å²) in [6.07, 6.45) is 4.91. The van der Waals surface area contributed by atoms with Gasteiger partial charge in [-0.25, -0.2) is 4.98 Å². The maximum absolute atomic E-state index is 5.08. The first kappa shape index (κ1) is 8.74. The molecule has 4 heteroatoms. The van der Waals surface area contributed by atoms with Crippen LogP contribution in [0.2, 0.25) is 0 Å². The highest BCUT2D eigenvalue weighted by molar-refractivity contribution is 5.40. The summed E-state index contributed by atoms with van der Waals surface area (Å²) in [4.78, 5) is 8.00. The van der Waals surface area contributed by atoms with Crippen molar-refractivity contribution in [3.63, 3.8) is 0 Å². The van der Waals surface area contributed by atoms with Crippen LogP contribution in [-0.4, -0.2) is 9.97 Å². The van der Waals surface area contributed by atoms with Gasteiger partial charge in [0.25, 0.3) is 0 Å². The Hall–Kier alpha value is -1.84. The number of aryl methyl sites for hydroxylation is 1. The molecule has 0 atom stereocenters. The van der Waals surface area contributed by atoms with Crippen molar-refractivity contribution in [1.82, 2.24) is 9.97 Å². The zero-order chi connectivity index (χ0) is 9.80. The molecule has 0 radical (unpaired) electrons. The fraction of sp³-hybridized carbons (Fsp3) is 0.200. The Morgan fingerprint density at radius 1 is 1.36 bits per heavy atom. The van der Waals surface area contributed by atoms with Gasteiger partial charge in [-0.1, -0.05) is 0 Å². The Bertz CT molecular complexity index is 380. The molecule has 0 amide bonds. The largest absolute Gasteiger partial charge is 0.447 e. The minimum atomic E-state index is 0.630. The molecular weight excluding hydrogens is 178 g/mol. The number of hydrogen-bond acceptors (Lipinski definition) is 4. The topological polar surface area (TPSA) is 51.0 Å². The standard InChI is InChI=1S/C10H11N3O/c1-8-2-3-9(4-12-8)13-6-10-5-11-7-14-10/h2-5,7,13H,6H2,1H3. The van der Waals surface area contributed by atoms with Crippen LogP contribution in [0.15, 0.2) is 35.3 Å². The molecule has 2 heterocycles. The van der Waals surface area contributed by atoms with Crippen LogP contribution in [-0.2, 0) is 6.54 Å². The van der Waals surface area contributed by atoms with Gasteiger partial charge in [0, 0.05) is 5.69 Å². The average molecular weight is 189 g/mol. The van der Waals surface area contributed by atoms with E-state index >= 15 is 0 Å². The molecule has 0 saturated carbocycles. The van der Waals surface area contributed by atoms with E-state index in [9.17, 15) is 0 Å². The van der Waals surface area contributed by atoms with E-state index in [0.717, 1.165) is 17.1 Å². The van der Waals surface area contributed by atoms with Gasteiger partial charge in [0.15, 0.2) is 6.39 Å². The maximum Gasteiger partial charge on any atom is 0.180 e. The Morgan fingerprint density at radius 3 is 2.93 bits per heavy atom. The second-order valence-electron chi connectivity index (χ2n) is 3.01. The number of anilines is 1. The van der Waals surface area contributed by atoms with Gasteiger partial charge in [0.1, 0.15) is 5.76 Å². The van der Waals surface area contributed by atoms with E-state index in [-0.39, 0.29) is 0 Å². The lowest BCUT2D eigenvalue weighted by molar-refractivity contribution is 0.511. The summed E-state index contributed by atoms with van der Waals surface area (Å²) >= 11 is 0. The van der Waals surface area contributed by atoms with Gasteiger partial charge in [-0.15, -0.1) is 0 Å². The van der Waals surface area contributed by atoms with E-state index in [1.54, 1.807) is 12.4 Å². The van der Waals surface area contributed by atoms with Crippen molar-refractivity contribution in [2.75, 3.05) is 5.32 Å². The van der Waals surface area contributed by atoms with Gasteiger partial charge in [-0.3, -0.25) is 4.98 Å². The molecule has 0 spiro atoms. The Morgan fingerprint density at radius 2 is 2.29 bits per heavy atom. The zero-order valence-electron chi connectivity index (χ0n) is 7.90. The molecule has 0 bridgehead atoms. The molecule has 0 saturated heterocycles. The summed E-state index contributed by atoms with van der Waals surface area (Å²) in [5.41, 5.74) is 1.99. The third kappa shape index (κ3) is 2.10. The second kappa shape index (κ2) is 3.91. The highest BCUT2D eigenvalue weighted by Crippen LogP contribution is 2.07. The fourth-order valence-corrected chi connectivity index (χ4v) is 1.09. The third-order valence-electron chi connectivity index (χ3n) is 1.86. The maximum atomic E-state index is 5.08. The normalized spacial score (nSPS) is 10.1. The van der Waals surface area contributed by atoms with Crippen molar-refractivity contribution in [1.29, 1.82) is 0 Å². The van der Waals surface area contributed by atoms with Crippen molar-refractivity contribution in [2.24, 2.45) is 0 Å². The molecule has 0 aliphatic heterocycles. The number of nitrogens with zero attached hydrogens (tertiary/aromatic N) is 2. The number of hydrogen-bond donors (Lipinski definition) is 1. The van der Waals surface area contributed by atoms with Gasteiger partial charge in [0.2, 0.25) is 0 Å². The molecule has 2 rings (SSSR count). The number of nitrogens with one attached hydrogen (secondary N) is 1. The molecule has 0 fully saturated rings. The minimum absolute atomic E-state index is 0.630. The summed E-state index contributed by atoms with van der Waals surface area (Å²) in [7, 11) is 0. The predicted octanol–water partition coefficient (Wildman–Crippen LogP) is 1.99. The van der Waals surface area contributed by atoms with Crippen LogP contribution in [0.5, 0.6) is 0 Å². The van der Waals surface area contributed by atoms with Gasteiger partial charge in [0.05, 0.1) is 24.6 Å². The molecule has 1 N–H and O–H groups in total. The van der Waals surface area contributed by atoms with E-state index in [1.807, 2.05) is 19.1 Å². The zero-order valence-corrected chi connectivity index (χ0v) is 7.90. The van der Waals surface area contributed by atoms with E-state index in [0.29, 0.717) is 6.54 Å². The number of pyridine rings is 1. The lowest BCUT2D eigenvalue weighted by Crippen LogP contribution is -1.98. The molecule has 2 aromatic rings. The van der Waals surface area contributed by atoms with Gasteiger partial charge < -0.3 is 9.73 Å². The molecule has 2 aromatic heterocycles. The highest BCUT2D eigenvalue weighted by atomic mass is 16.3. The van der Waals surface area contributed by atoms with E-state index in [4.69, 9.17) is 4.42 Å². The highest BCUT2D eigenvalue weighted by Gasteiger charge is 1.96. The SMILES string of the molecule is Cc1ccc(NCc2cnco2)cn1. The minimum Gasteiger partial charge on any atom is -0.447 e. The van der Waals surface area contributed by atoms with E-state index < -0.39 is 0 Å². The molecule has 0 unspecified atom stereocenters. The molecule has 0 aliphatic rings. The van der Waals surface area contributed by atoms with Crippen LogP contribution >= 0.6 is 0 Å². The average Bonchev–Trinajstić information content (AvgIpc) is 2.70. The molecule has 72 valence electrons. The van der Waals surface area contributed by atoms with Crippen LogP contribution < -0.4 is 5.32 Å². The number of rotatable bonds is 3. The van der Waals surface area contributed by atoms with Crippen LogP contribution in [0.3, 0.4) is 0 Å². The van der Waals surface area contributed by atoms with Crippen LogP contribution in [0, 0.1) is 6.92 Å².